The third kappa shape index (κ3) is 2.31. The van der Waals surface area contributed by atoms with Gasteiger partial charge in [-0.3, -0.25) is 4.90 Å². The van der Waals surface area contributed by atoms with Crippen LogP contribution in [-0.2, 0) is 13.0 Å². The standard InChI is InChI=1S/C13H16N2/c1-3-8-15(2)10-11-4-5-13-12(9-11)6-7-14-13/h1,4-5,9,14H,6-8,10H2,2H3. The van der Waals surface area contributed by atoms with Crippen molar-refractivity contribution in [1.82, 2.24) is 4.90 Å². The van der Waals surface area contributed by atoms with Crippen LogP contribution in [0.3, 0.4) is 0 Å². The Labute approximate surface area is 91.3 Å². The SMILES string of the molecule is C#CCN(C)Cc1ccc2c(c1)CCN2. The molecule has 0 aliphatic carbocycles. The highest BCUT2D eigenvalue weighted by Crippen LogP contribution is 2.23. The van der Waals surface area contributed by atoms with Crippen molar-refractivity contribution in [2.24, 2.45) is 0 Å². The zero-order valence-corrected chi connectivity index (χ0v) is 9.09. The lowest BCUT2D eigenvalue weighted by Gasteiger charge is -2.13. The smallest absolute Gasteiger partial charge is 0.0599 e. The molecule has 0 amide bonds. The second kappa shape index (κ2) is 4.37. The number of hydrogen-bond acceptors (Lipinski definition) is 2. The molecule has 2 nitrogen and oxygen atoms in total. The van der Waals surface area contributed by atoms with Crippen LogP contribution in [0.5, 0.6) is 0 Å². The first-order valence-electron chi connectivity index (χ1n) is 5.27. The normalized spacial score (nSPS) is 13.4. The van der Waals surface area contributed by atoms with Gasteiger partial charge < -0.3 is 5.32 Å². The number of terminal acetylenes is 1. The van der Waals surface area contributed by atoms with Crippen LogP contribution in [0.4, 0.5) is 5.69 Å². The molecule has 0 aromatic heterocycles. The van der Waals surface area contributed by atoms with Crippen molar-refractivity contribution in [3.63, 3.8) is 0 Å². The fourth-order valence-electron chi connectivity index (χ4n) is 1.98. The minimum Gasteiger partial charge on any atom is -0.384 e. The third-order valence-electron chi connectivity index (χ3n) is 2.69. The number of fused-ring (bicyclic) bond motifs is 1. The molecule has 2 rings (SSSR count). The predicted octanol–water partition coefficient (Wildman–Crippen LogP) is 1.72. The van der Waals surface area contributed by atoms with Crippen molar-refractivity contribution < 1.29 is 0 Å². The first-order chi connectivity index (χ1) is 7.29. The summed E-state index contributed by atoms with van der Waals surface area (Å²) in [6.45, 7) is 2.70. The van der Waals surface area contributed by atoms with E-state index in [9.17, 15) is 0 Å². The van der Waals surface area contributed by atoms with Crippen molar-refractivity contribution in [2.75, 3.05) is 25.5 Å². The molecule has 1 aromatic rings. The fraction of sp³-hybridized carbons (Fsp3) is 0.385. The molecule has 1 heterocycles. The molecule has 0 spiro atoms. The first kappa shape index (κ1) is 10.1. The summed E-state index contributed by atoms with van der Waals surface area (Å²) in [4.78, 5) is 2.14. The molecule has 0 atom stereocenters. The largest absolute Gasteiger partial charge is 0.384 e. The lowest BCUT2D eigenvalue weighted by atomic mass is 10.1. The average molecular weight is 200 g/mol. The third-order valence-corrected chi connectivity index (χ3v) is 2.69. The van der Waals surface area contributed by atoms with E-state index in [2.05, 4.69) is 34.3 Å². The Morgan fingerprint density at radius 1 is 1.53 bits per heavy atom. The van der Waals surface area contributed by atoms with Crippen molar-refractivity contribution in [2.45, 2.75) is 13.0 Å². The topological polar surface area (TPSA) is 15.3 Å². The molecule has 0 fully saturated rings. The van der Waals surface area contributed by atoms with Gasteiger partial charge in [0, 0.05) is 18.8 Å². The van der Waals surface area contributed by atoms with Crippen molar-refractivity contribution >= 4 is 5.69 Å². The summed E-state index contributed by atoms with van der Waals surface area (Å²) >= 11 is 0. The summed E-state index contributed by atoms with van der Waals surface area (Å²) in [6.07, 6.45) is 6.41. The minimum atomic E-state index is 0.704. The number of anilines is 1. The molecule has 0 unspecified atom stereocenters. The van der Waals surface area contributed by atoms with E-state index in [0.29, 0.717) is 6.54 Å². The van der Waals surface area contributed by atoms with E-state index in [1.807, 2.05) is 7.05 Å². The maximum absolute atomic E-state index is 5.27. The molecule has 78 valence electrons. The Morgan fingerprint density at radius 2 is 2.40 bits per heavy atom. The Morgan fingerprint density at radius 3 is 3.20 bits per heavy atom. The van der Waals surface area contributed by atoms with Crippen LogP contribution in [0.2, 0.25) is 0 Å². The molecule has 0 saturated carbocycles. The zero-order valence-electron chi connectivity index (χ0n) is 9.09. The van der Waals surface area contributed by atoms with Gasteiger partial charge in [-0.1, -0.05) is 18.1 Å². The summed E-state index contributed by atoms with van der Waals surface area (Å²) in [5, 5.41) is 3.36. The highest BCUT2D eigenvalue weighted by molar-refractivity contribution is 5.56. The second-order valence-corrected chi connectivity index (χ2v) is 4.04. The molecule has 0 saturated heterocycles. The van der Waals surface area contributed by atoms with Crippen molar-refractivity contribution in [3.05, 3.63) is 29.3 Å². The molecular weight excluding hydrogens is 184 g/mol. The molecule has 0 bridgehead atoms. The average Bonchev–Trinajstić information content (AvgIpc) is 2.65. The zero-order chi connectivity index (χ0) is 10.7. The van der Waals surface area contributed by atoms with E-state index in [1.54, 1.807) is 0 Å². The van der Waals surface area contributed by atoms with Gasteiger partial charge in [-0.15, -0.1) is 6.42 Å². The Kier molecular flexibility index (Phi) is 2.94. The van der Waals surface area contributed by atoms with Gasteiger partial charge in [-0.05, 0) is 30.7 Å². The second-order valence-electron chi connectivity index (χ2n) is 4.04. The van der Waals surface area contributed by atoms with Gasteiger partial charge in [0.15, 0.2) is 0 Å². The number of hydrogen-bond donors (Lipinski definition) is 1. The van der Waals surface area contributed by atoms with E-state index in [-0.39, 0.29) is 0 Å². The van der Waals surface area contributed by atoms with Gasteiger partial charge in [-0.2, -0.15) is 0 Å². The van der Waals surface area contributed by atoms with E-state index >= 15 is 0 Å². The van der Waals surface area contributed by atoms with Crippen LogP contribution in [0.1, 0.15) is 11.1 Å². The van der Waals surface area contributed by atoms with Gasteiger partial charge in [0.25, 0.3) is 0 Å². The molecule has 1 aliphatic rings. The van der Waals surface area contributed by atoms with Gasteiger partial charge >= 0.3 is 0 Å². The van der Waals surface area contributed by atoms with Gasteiger partial charge in [0.1, 0.15) is 0 Å². The van der Waals surface area contributed by atoms with E-state index in [4.69, 9.17) is 6.42 Å². The highest BCUT2D eigenvalue weighted by Gasteiger charge is 2.10. The van der Waals surface area contributed by atoms with Crippen LogP contribution in [0.25, 0.3) is 0 Å². The van der Waals surface area contributed by atoms with Gasteiger partial charge in [0.05, 0.1) is 6.54 Å². The Balaban J connectivity index is 2.07. The van der Waals surface area contributed by atoms with Gasteiger partial charge in [0.2, 0.25) is 0 Å². The van der Waals surface area contributed by atoms with Crippen LogP contribution >= 0.6 is 0 Å². The maximum Gasteiger partial charge on any atom is 0.0599 e. The Hall–Kier alpha value is -1.46. The number of nitrogens with zero attached hydrogens (tertiary/aromatic N) is 1. The van der Waals surface area contributed by atoms with Crippen LogP contribution in [0, 0.1) is 12.3 Å². The molecule has 1 aromatic carbocycles. The number of rotatable bonds is 3. The van der Waals surface area contributed by atoms with Crippen LogP contribution in [-0.4, -0.2) is 25.0 Å². The summed E-state index contributed by atoms with van der Waals surface area (Å²) in [5.74, 6) is 2.65. The van der Waals surface area contributed by atoms with E-state index < -0.39 is 0 Å². The van der Waals surface area contributed by atoms with E-state index in [1.165, 1.54) is 16.8 Å². The summed E-state index contributed by atoms with van der Waals surface area (Å²) in [5.41, 5.74) is 4.06. The first-order valence-corrected chi connectivity index (χ1v) is 5.27. The predicted molar refractivity (Wildman–Crippen MR) is 63.8 cm³/mol. The van der Waals surface area contributed by atoms with Crippen molar-refractivity contribution in [1.29, 1.82) is 0 Å². The van der Waals surface area contributed by atoms with Gasteiger partial charge in [-0.25, -0.2) is 0 Å². The molecule has 2 heteroatoms. The lowest BCUT2D eigenvalue weighted by Crippen LogP contribution is -2.17. The molecule has 0 radical (unpaired) electrons. The lowest BCUT2D eigenvalue weighted by molar-refractivity contribution is 0.369. The fourth-order valence-corrected chi connectivity index (χ4v) is 1.98. The highest BCUT2D eigenvalue weighted by atomic mass is 15.1. The monoisotopic (exact) mass is 200 g/mol. The number of nitrogens with one attached hydrogen (secondary N) is 1. The maximum atomic E-state index is 5.27. The van der Waals surface area contributed by atoms with E-state index in [0.717, 1.165) is 19.5 Å². The summed E-state index contributed by atoms with van der Waals surface area (Å²) in [6, 6.07) is 6.62. The molecule has 1 N–H and O–H groups in total. The molecule has 15 heavy (non-hydrogen) atoms. The quantitative estimate of drug-likeness (QED) is 0.747. The van der Waals surface area contributed by atoms with Crippen LogP contribution in [0.15, 0.2) is 18.2 Å². The summed E-state index contributed by atoms with van der Waals surface area (Å²) in [7, 11) is 2.05. The number of benzene rings is 1. The van der Waals surface area contributed by atoms with Crippen LogP contribution < -0.4 is 5.32 Å². The minimum absolute atomic E-state index is 0.704. The molecular formula is C13H16N2. The Bertz CT molecular complexity index is 390. The molecule has 1 aliphatic heterocycles. The summed E-state index contributed by atoms with van der Waals surface area (Å²) < 4.78 is 0. The van der Waals surface area contributed by atoms with Crippen molar-refractivity contribution in [3.8, 4) is 12.3 Å².